The summed E-state index contributed by atoms with van der Waals surface area (Å²) < 4.78 is 11.8. The fourth-order valence-electron chi connectivity index (χ4n) is 2.41. The lowest BCUT2D eigenvalue weighted by atomic mass is 9.81. The molecule has 0 aromatic carbocycles. The van der Waals surface area contributed by atoms with Gasteiger partial charge in [-0.2, -0.15) is 0 Å². The van der Waals surface area contributed by atoms with Gasteiger partial charge < -0.3 is 9.47 Å². The molecule has 0 radical (unpaired) electrons. The Hall–Kier alpha value is -0.0800. The van der Waals surface area contributed by atoms with E-state index in [1.165, 1.54) is 38.5 Å². The van der Waals surface area contributed by atoms with Crippen LogP contribution in [0.5, 0.6) is 0 Å². The van der Waals surface area contributed by atoms with Crippen LogP contribution in [-0.4, -0.2) is 17.5 Å². The van der Waals surface area contributed by atoms with Gasteiger partial charge in [0.05, 0.1) is 11.2 Å². The zero-order chi connectivity index (χ0) is 10.2. The predicted octanol–water partition coefficient (Wildman–Crippen LogP) is 3.25. The fourth-order valence-corrected chi connectivity index (χ4v) is 2.41. The minimum atomic E-state index is -0.0365. The molecule has 0 heterocycles. The summed E-state index contributed by atoms with van der Waals surface area (Å²) in [6.07, 6.45) is 7.34. The van der Waals surface area contributed by atoms with Gasteiger partial charge in [-0.05, 0) is 59.3 Å². The van der Waals surface area contributed by atoms with Crippen molar-refractivity contribution in [3.63, 3.8) is 0 Å². The van der Waals surface area contributed by atoms with Crippen LogP contribution in [0.25, 0.3) is 0 Å². The second-order valence-corrected chi connectivity index (χ2v) is 5.41. The molecule has 14 heavy (non-hydrogen) atoms. The van der Waals surface area contributed by atoms with E-state index in [1.807, 2.05) is 6.92 Å². The van der Waals surface area contributed by atoms with Crippen molar-refractivity contribution in [1.29, 1.82) is 0 Å². The Bertz CT molecular complexity index is 182. The van der Waals surface area contributed by atoms with Crippen LogP contribution in [0.1, 0.15) is 59.3 Å². The highest BCUT2D eigenvalue weighted by Crippen LogP contribution is 2.39. The molecule has 0 unspecified atom stereocenters. The van der Waals surface area contributed by atoms with Gasteiger partial charge in [-0.1, -0.05) is 0 Å². The van der Waals surface area contributed by atoms with E-state index < -0.39 is 0 Å². The molecule has 0 saturated heterocycles. The summed E-state index contributed by atoms with van der Waals surface area (Å²) in [7, 11) is 0. The SMILES string of the molecule is CC(OC1(C)CCC1)OC1(C)CCC1. The van der Waals surface area contributed by atoms with E-state index in [-0.39, 0.29) is 17.5 Å². The summed E-state index contributed by atoms with van der Waals surface area (Å²) in [4.78, 5) is 0. The molecule has 82 valence electrons. The zero-order valence-electron chi connectivity index (χ0n) is 9.64. The molecule has 2 aliphatic carbocycles. The standard InChI is InChI=1S/C12H22O2/c1-10(13-11(2)6-4-7-11)14-12(3)8-5-9-12/h10H,4-9H2,1-3H3. The Morgan fingerprint density at radius 1 is 0.857 bits per heavy atom. The molecule has 0 aromatic heterocycles. The van der Waals surface area contributed by atoms with E-state index in [4.69, 9.17) is 9.47 Å². The Balaban J connectivity index is 1.75. The zero-order valence-corrected chi connectivity index (χ0v) is 9.64. The largest absolute Gasteiger partial charge is 0.347 e. The van der Waals surface area contributed by atoms with Crippen molar-refractivity contribution in [1.82, 2.24) is 0 Å². The van der Waals surface area contributed by atoms with Crippen LogP contribution >= 0.6 is 0 Å². The van der Waals surface area contributed by atoms with E-state index in [0.29, 0.717) is 0 Å². The first-order chi connectivity index (χ1) is 6.52. The molecule has 0 atom stereocenters. The molecule has 0 spiro atoms. The van der Waals surface area contributed by atoms with Gasteiger partial charge in [0.25, 0.3) is 0 Å². The van der Waals surface area contributed by atoms with E-state index in [9.17, 15) is 0 Å². The maximum atomic E-state index is 5.92. The van der Waals surface area contributed by atoms with Crippen molar-refractivity contribution in [3.8, 4) is 0 Å². The fraction of sp³-hybridized carbons (Fsp3) is 1.00. The smallest absolute Gasteiger partial charge is 0.156 e. The molecular weight excluding hydrogens is 176 g/mol. The average Bonchev–Trinajstić information content (AvgIpc) is 1.98. The Morgan fingerprint density at radius 3 is 1.43 bits per heavy atom. The lowest BCUT2D eigenvalue weighted by Crippen LogP contribution is -2.45. The second-order valence-electron chi connectivity index (χ2n) is 5.41. The number of rotatable bonds is 4. The van der Waals surface area contributed by atoms with Crippen molar-refractivity contribution in [2.45, 2.75) is 76.8 Å². The van der Waals surface area contributed by atoms with Gasteiger partial charge >= 0.3 is 0 Å². The van der Waals surface area contributed by atoms with E-state index in [2.05, 4.69) is 13.8 Å². The third-order valence-corrected chi connectivity index (χ3v) is 3.72. The van der Waals surface area contributed by atoms with E-state index in [1.54, 1.807) is 0 Å². The first kappa shape index (κ1) is 10.4. The Morgan fingerprint density at radius 2 is 1.21 bits per heavy atom. The van der Waals surface area contributed by atoms with Gasteiger partial charge in [-0.25, -0.2) is 0 Å². The molecule has 0 aliphatic heterocycles. The normalized spacial score (nSPS) is 28.3. The molecule has 2 aliphatic rings. The van der Waals surface area contributed by atoms with Crippen LogP contribution in [0.4, 0.5) is 0 Å². The molecule has 0 amide bonds. The first-order valence-electron chi connectivity index (χ1n) is 5.87. The molecule has 2 heteroatoms. The number of hydrogen-bond acceptors (Lipinski definition) is 2. The minimum Gasteiger partial charge on any atom is -0.347 e. The van der Waals surface area contributed by atoms with Gasteiger partial charge in [0.15, 0.2) is 6.29 Å². The van der Waals surface area contributed by atoms with Crippen molar-refractivity contribution in [3.05, 3.63) is 0 Å². The van der Waals surface area contributed by atoms with Crippen molar-refractivity contribution < 1.29 is 9.47 Å². The average molecular weight is 198 g/mol. The highest BCUT2D eigenvalue weighted by molar-refractivity contribution is 4.87. The molecule has 2 saturated carbocycles. The van der Waals surface area contributed by atoms with Gasteiger partial charge in [0.1, 0.15) is 0 Å². The highest BCUT2D eigenvalue weighted by atomic mass is 16.7. The highest BCUT2D eigenvalue weighted by Gasteiger charge is 2.38. The summed E-state index contributed by atoms with van der Waals surface area (Å²) >= 11 is 0. The molecule has 0 bridgehead atoms. The maximum Gasteiger partial charge on any atom is 0.156 e. The summed E-state index contributed by atoms with van der Waals surface area (Å²) in [5, 5.41) is 0. The third kappa shape index (κ3) is 2.12. The van der Waals surface area contributed by atoms with Crippen molar-refractivity contribution in [2.24, 2.45) is 0 Å². The van der Waals surface area contributed by atoms with E-state index >= 15 is 0 Å². The molecule has 0 aromatic rings. The third-order valence-electron chi connectivity index (χ3n) is 3.72. The van der Waals surface area contributed by atoms with Crippen LogP contribution in [0.15, 0.2) is 0 Å². The molecular formula is C12H22O2. The summed E-state index contributed by atoms with van der Waals surface area (Å²) in [5.74, 6) is 0. The van der Waals surface area contributed by atoms with Gasteiger partial charge in [-0.15, -0.1) is 0 Å². The molecule has 2 rings (SSSR count). The Labute approximate surface area is 87.0 Å². The second kappa shape index (κ2) is 3.49. The molecule has 2 nitrogen and oxygen atoms in total. The van der Waals surface area contributed by atoms with Gasteiger partial charge in [0.2, 0.25) is 0 Å². The molecule has 0 N–H and O–H groups in total. The van der Waals surface area contributed by atoms with Crippen LogP contribution in [0, 0.1) is 0 Å². The molecule has 2 fully saturated rings. The number of hydrogen-bond donors (Lipinski definition) is 0. The maximum absolute atomic E-state index is 5.92. The summed E-state index contributed by atoms with van der Waals surface area (Å²) in [6, 6.07) is 0. The monoisotopic (exact) mass is 198 g/mol. The Kier molecular flexibility index (Phi) is 2.61. The quantitative estimate of drug-likeness (QED) is 0.646. The summed E-state index contributed by atoms with van der Waals surface area (Å²) in [5.41, 5.74) is 0.221. The minimum absolute atomic E-state index is 0.0365. The summed E-state index contributed by atoms with van der Waals surface area (Å²) in [6.45, 7) is 6.42. The lowest BCUT2D eigenvalue weighted by molar-refractivity contribution is -0.270. The number of ether oxygens (including phenoxy) is 2. The topological polar surface area (TPSA) is 18.5 Å². The lowest BCUT2D eigenvalue weighted by Gasteiger charge is -2.45. The van der Waals surface area contributed by atoms with Crippen LogP contribution in [0.2, 0.25) is 0 Å². The van der Waals surface area contributed by atoms with Crippen LogP contribution in [0.3, 0.4) is 0 Å². The van der Waals surface area contributed by atoms with Crippen LogP contribution < -0.4 is 0 Å². The van der Waals surface area contributed by atoms with Gasteiger partial charge in [0, 0.05) is 0 Å². The van der Waals surface area contributed by atoms with Crippen molar-refractivity contribution >= 4 is 0 Å². The van der Waals surface area contributed by atoms with Crippen LogP contribution in [-0.2, 0) is 9.47 Å². The predicted molar refractivity (Wildman–Crippen MR) is 56.1 cm³/mol. The van der Waals surface area contributed by atoms with E-state index in [0.717, 1.165) is 0 Å². The first-order valence-corrected chi connectivity index (χ1v) is 5.87. The van der Waals surface area contributed by atoms with Gasteiger partial charge in [-0.3, -0.25) is 0 Å². The van der Waals surface area contributed by atoms with Crippen molar-refractivity contribution in [2.75, 3.05) is 0 Å².